The molecule has 1 aromatic carbocycles. The topological polar surface area (TPSA) is 23.6 Å². The van der Waals surface area contributed by atoms with Crippen molar-refractivity contribution in [3.05, 3.63) is 29.3 Å². The number of rotatable bonds is 4. The van der Waals surface area contributed by atoms with Gasteiger partial charge in [-0.05, 0) is 50.8 Å². The fourth-order valence-electron chi connectivity index (χ4n) is 4.28. The van der Waals surface area contributed by atoms with Crippen molar-refractivity contribution in [1.82, 2.24) is 4.90 Å². The van der Waals surface area contributed by atoms with E-state index in [4.69, 9.17) is 11.6 Å². The molecule has 0 bridgehead atoms. The number of nitrogens with zero attached hydrogens (tertiary/aromatic N) is 2. The van der Waals surface area contributed by atoms with Crippen LogP contribution in [0.5, 0.6) is 0 Å². The highest BCUT2D eigenvalue weighted by molar-refractivity contribution is 6.30. The molecular formula is C20H29ClN2O. The number of halogens is 1. The lowest BCUT2D eigenvalue weighted by Gasteiger charge is -2.39. The largest absolute Gasteiger partial charge is 0.371 e. The van der Waals surface area contributed by atoms with Gasteiger partial charge in [-0.25, -0.2) is 0 Å². The Labute approximate surface area is 151 Å². The molecule has 4 heteroatoms. The maximum Gasteiger partial charge on any atom is 0.226 e. The summed E-state index contributed by atoms with van der Waals surface area (Å²) in [5.41, 5.74) is 1.17. The fourth-order valence-corrected chi connectivity index (χ4v) is 4.46. The Balaban J connectivity index is 1.57. The van der Waals surface area contributed by atoms with E-state index >= 15 is 0 Å². The highest BCUT2D eigenvalue weighted by Gasteiger charge is 2.31. The van der Waals surface area contributed by atoms with Gasteiger partial charge in [0.25, 0.3) is 0 Å². The van der Waals surface area contributed by atoms with Gasteiger partial charge in [-0.15, -0.1) is 0 Å². The molecule has 2 aliphatic rings. The molecular weight excluding hydrogens is 320 g/mol. The average molecular weight is 349 g/mol. The first kappa shape index (κ1) is 17.6. The Hall–Kier alpha value is -1.22. The van der Waals surface area contributed by atoms with Crippen molar-refractivity contribution in [1.29, 1.82) is 0 Å². The van der Waals surface area contributed by atoms with E-state index in [1.807, 2.05) is 18.2 Å². The van der Waals surface area contributed by atoms with Gasteiger partial charge < -0.3 is 9.80 Å². The summed E-state index contributed by atoms with van der Waals surface area (Å²) < 4.78 is 0. The highest BCUT2D eigenvalue weighted by Crippen LogP contribution is 2.29. The zero-order chi connectivity index (χ0) is 16.9. The maximum atomic E-state index is 13.0. The average Bonchev–Trinajstić information content (AvgIpc) is 2.63. The van der Waals surface area contributed by atoms with Crippen molar-refractivity contribution in [3.63, 3.8) is 0 Å². The van der Waals surface area contributed by atoms with Gasteiger partial charge in [-0.1, -0.05) is 36.9 Å². The molecule has 3 nitrogen and oxygen atoms in total. The molecule has 1 aliphatic carbocycles. The molecule has 1 saturated carbocycles. The predicted octanol–water partition coefficient (Wildman–Crippen LogP) is 4.74. The van der Waals surface area contributed by atoms with E-state index in [-0.39, 0.29) is 5.92 Å². The summed E-state index contributed by atoms with van der Waals surface area (Å²) in [4.78, 5) is 17.5. The van der Waals surface area contributed by atoms with Gasteiger partial charge in [0.1, 0.15) is 0 Å². The minimum Gasteiger partial charge on any atom is -0.371 e. The second-order valence-corrected chi connectivity index (χ2v) is 7.59. The van der Waals surface area contributed by atoms with Crippen LogP contribution < -0.4 is 4.90 Å². The summed E-state index contributed by atoms with van der Waals surface area (Å²) in [5, 5.41) is 0.778. The Morgan fingerprint density at radius 1 is 1.17 bits per heavy atom. The third kappa shape index (κ3) is 4.05. The van der Waals surface area contributed by atoms with E-state index in [1.165, 1.54) is 37.8 Å². The molecule has 0 spiro atoms. The van der Waals surface area contributed by atoms with Gasteiger partial charge in [0, 0.05) is 42.3 Å². The zero-order valence-electron chi connectivity index (χ0n) is 14.7. The lowest BCUT2D eigenvalue weighted by Crippen LogP contribution is -2.47. The number of piperidine rings is 1. The van der Waals surface area contributed by atoms with Crippen LogP contribution in [0.2, 0.25) is 5.02 Å². The van der Waals surface area contributed by atoms with Crippen molar-refractivity contribution in [2.24, 2.45) is 5.92 Å². The van der Waals surface area contributed by atoms with Crippen molar-refractivity contribution in [2.75, 3.05) is 24.5 Å². The minimum atomic E-state index is 0.197. The number of hydrogen-bond donors (Lipinski definition) is 0. The van der Waals surface area contributed by atoms with Crippen LogP contribution in [-0.2, 0) is 4.79 Å². The smallest absolute Gasteiger partial charge is 0.226 e. The molecule has 3 rings (SSSR count). The Morgan fingerprint density at radius 3 is 2.50 bits per heavy atom. The molecule has 1 saturated heterocycles. The molecule has 132 valence electrons. The lowest BCUT2D eigenvalue weighted by atomic mass is 9.90. The second kappa shape index (κ2) is 8.24. The molecule has 24 heavy (non-hydrogen) atoms. The number of benzene rings is 1. The summed E-state index contributed by atoms with van der Waals surface area (Å²) in [6, 6.07) is 8.52. The van der Waals surface area contributed by atoms with Gasteiger partial charge in [0.05, 0.1) is 0 Å². The summed E-state index contributed by atoms with van der Waals surface area (Å²) in [6.07, 6.45) is 8.19. The Kier molecular flexibility index (Phi) is 6.04. The van der Waals surface area contributed by atoms with Crippen LogP contribution in [0.25, 0.3) is 0 Å². The Morgan fingerprint density at radius 2 is 1.88 bits per heavy atom. The summed E-state index contributed by atoms with van der Waals surface area (Å²) in [5.74, 6) is 0.595. The van der Waals surface area contributed by atoms with Gasteiger partial charge in [-0.2, -0.15) is 0 Å². The van der Waals surface area contributed by atoms with Crippen LogP contribution >= 0.6 is 11.6 Å². The van der Waals surface area contributed by atoms with E-state index in [0.29, 0.717) is 11.9 Å². The van der Waals surface area contributed by atoms with Crippen LogP contribution in [-0.4, -0.2) is 36.5 Å². The summed E-state index contributed by atoms with van der Waals surface area (Å²) >= 11 is 6.10. The first-order valence-electron chi connectivity index (χ1n) is 9.50. The van der Waals surface area contributed by atoms with Crippen molar-refractivity contribution in [3.8, 4) is 0 Å². The SMILES string of the molecule is CCN(C(=O)C1CCN(c2cccc(Cl)c2)CC1)C1CCCCC1. The van der Waals surface area contributed by atoms with Gasteiger partial charge in [0.2, 0.25) is 5.91 Å². The van der Waals surface area contributed by atoms with Crippen molar-refractivity contribution < 1.29 is 4.79 Å². The molecule has 2 fully saturated rings. The van der Waals surface area contributed by atoms with Crippen LogP contribution in [0.4, 0.5) is 5.69 Å². The molecule has 0 atom stereocenters. The lowest BCUT2D eigenvalue weighted by molar-refractivity contribution is -0.139. The van der Waals surface area contributed by atoms with Crippen LogP contribution in [0.1, 0.15) is 51.9 Å². The molecule has 0 N–H and O–H groups in total. The summed E-state index contributed by atoms with van der Waals surface area (Å²) in [7, 11) is 0. The molecule has 0 radical (unpaired) electrons. The highest BCUT2D eigenvalue weighted by atomic mass is 35.5. The first-order valence-corrected chi connectivity index (χ1v) is 9.88. The fraction of sp³-hybridized carbons (Fsp3) is 0.650. The molecule has 1 heterocycles. The maximum absolute atomic E-state index is 13.0. The monoisotopic (exact) mass is 348 g/mol. The van der Waals surface area contributed by atoms with Gasteiger partial charge >= 0.3 is 0 Å². The third-order valence-electron chi connectivity index (χ3n) is 5.66. The van der Waals surface area contributed by atoms with E-state index in [1.54, 1.807) is 0 Å². The van der Waals surface area contributed by atoms with Crippen LogP contribution in [0, 0.1) is 5.92 Å². The van der Waals surface area contributed by atoms with Crippen LogP contribution in [0.15, 0.2) is 24.3 Å². The van der Waals surface area contributed by atoms with Gasteiger partial charge in [0.15, 0.2) is 0 Å². The van der Waals surface area contributed by atoms with Crippen molar-refractivity contribution in [2.45, 2.75) is 57.9 Å². The number of hydrogen-bond acceptors (Lipinski definition) is 2. The van der Waals surface area contributed by atoms with Crippen molar-refractivity contribution >= 4 is 23.2 Å². The zero-order valence-corrected chi connectivity index (χ0v) is 15.5. The van der Waals surface area contributed by atoms with Gasteiger partial charge in [-0.3, -0.25) is 4.79 Å². The molecule has 1 aromatic rings. The van der Waals surface area contributed by atoms with E-state index < -0.39 is 0 Å². The molecule has 0 unspecified atom stereocenters. The minimum absolute atomic E-state index is 0.197. The first-order chi connectivity index (χ1) is 11.7. The standard InChI is InChI=1S/C20H29ClN2O/c1-2-23(18-8-4-3-5-9-18)20(24)16-11-13-22(14-12-16)19-10-6-7-17(21)15-19/h6-7,10,15-16,18H,2-5,8-9,11-14H2,1H3. The van der Waals surface area contributed by atoms with E-state index in [9.17, 15) is 4.79 Å². The quantitative estimate of drug-likeness (QED) is 0.784. The number of carbonyl (C=O) groups is 1. The molecule has 0 aromatic heterocycles. The number of carbonyl (C=O) groups excluding carboxylic acids is 1. The summed E-state index contributed by atoms with van der Waals surface area (Å²) in [6.45, 7) is 4.88. The molecule has 1 amide bonds. The second-order valence-electron chi connectivity index (χ2n) is 7.16. The molecule has 1 aliphatic heterocycles. The normalized spacial score (nSPS) is 20.2. The number of anilines is 1. The van der Waals surface area contributed by atoms with E-state index in [2.05, 4.69) is 22.8 Å². The van der Waals surface area contributed by atoms with Crippen LogP contribution in [0.3, 0.4) is 0 Å². The van der Waals surface area contributed by atoms with E-state index in [0.717, 1.165) is 37.5 Å². The third-order valence-corrected chi connectivity index (χ3v) is 5.89. The Bertz CT molecular complexity index is 548. The number of amides is 1. The predicted molar refractivity (Wildman–Crippen MR) is 101 cm³/mol.